The summed E-state index contributed by atoms with van der Waals surface area (Å²) in [4.78, 5) is 14.2. The van der Waals surface area contributed by atoms with Crippen molar-refractivity contribution in [3.8, 4) is 6.07 Å². The fraction of sp³-hybridized carbons (Fsp3) is 0.222. The van der Waals surface area contributed by atoms with Gasteiger partial charge < -0.3 is 0 Å². The molecule has 15 heavy (non-hydrogen) atoms. The molecule has 0 N–H and O–H groups in total. The first-order valence-corrected chi connectivity index (χ1v) is 4.40. The summed E-state index contributed by atoms with van der Waals surface area (Å²) in [5, 5.41) is 8.72. The maximum absolute atomic E-state index is 12.4. The minimum absolute atomic E-state index is 0.104. The Bertz CT molecular complexity index is 429. The molecule has 78 valence electrons. The van der Waals surface area contributed by atoms with Crippen LogP contribution < -0.4 is 0 Å². The molecule has 3 nitrogen and oxygen atoms in total. The zero-order chi connectivity index (χ0) is 11.4. The Morgan fingerprint density at radius 2 is 2.33 bits per heavy atom. The molecule has 6 heteroatoms. The van der Waals surface area contributed by atoms with E-state index in [0.29, 0.717) is 0 Å². The number of nitrogens with zero attached hydrogens (tertiary/aromatic N) is 2. The predicted molar refractivity (Wildman–Crippen MR) is 48.9 cm³/mol. The fourth-order valence-corrected chi connectivity index (χ4v) is 1.31. The number of carbonyl (C=O) groups excluding carboxylic acids is 1. The molecule has 0 atom stereocenters. The molecule has 0 saturated heterocycles. The summed E-state index contributed by atoms with van der Waals surface area (Å²) in [5.41, 5.74) is -0.933. The summed E-state index contributed by atoms with van der Waals surface area (Å²) in [5.74, 6) is -0.104. The first kappa shape index (κ1) is 11.5. The van der Waals surface area contributed by atoms with Crippen molar-refractivity contribution in [3.63, 3.8) is 0 Å². The van der Waals surface area contributed by atoms with E-state index in [-0.39, 0.29) is 29.0 Å². The molecule has 1 rings (SSSR count). The summed E-state index contributed by atoms with van der Waals surface area (Å²) in [6, 6.07) is 1.65. The number of aldehydes is 1. The molecule has 0 saturated carbocycles. The van der Waals surface area contributed by atoms with E-state index in [2.05, 4.69) is 4.98 Å². The third-order valence-electron chi connectivity index (χ3n) is 1.82. The van der Waals surface area contributed by atoms with E-state index in [9.17, 15) is 13.6 Å². The number of hydrogen-bond acceptors (Lipinski definition) is 3. The van der Waals surface area contributed by atoms with Gasteiger partial charge in [0.05, 0.1) is 17.1 Å². The van der Waals surface area contributed by atoms with Gasteiger partial charge in [0.25, 0.3) is 6.43 Å². The highest BCUT2D eigenvalue weighted by atomic mass is 35.5. The number of carbonyl (C=O) groups is 1. The van der Waals surface area contributed by atoms with Gasteiger partial charge in [-0.15, -0.1) is 11.6 Å². The SMILES string of the molecule is N#Cc1c(CCl)ncc(C(F)F)c1C=O. The van der Waals surface area contributed by atoms with Crippen molar-refractivity contribution in [2.45, 2.75) is 12.3 Å². The van der Waals surface area contributed by atoms with E-state index in [1.807, 2.05) is 0 Å². The lowest BCUT2D eigenvalue weighted by molar-refractivity contribution is 0.110. The number of hydrogen-bond donors (Lipinski definition) is 0. The Kier molecular flexibility index (Phi) is 3.69. The van der Waals surface area contributed by atoms with Crippen molar-refractivity contribution in [1.82, 2.24) is 4.98 Å². The van der Waals surface area contributed by atoms with Gasteiger partial charge in [0.2, 0.25) is 0 Å². The highest BCUT2D eigenvalue weighted by molar-refractivity contribution is 6.17. The Hall–Kier alpha value is -1.54. The van der Waals surface area contributed by atoms with Crippen LogP contribution in [-0.2, 0) is 5.88 Å². The highest BCUT2D eigenvalue weighted by Crippen LogP contribution is 2.25. The first-order valence-electron chi connectivity index (χ1n) is 3.86. The van der Waals surface area contributed by atoms with Crippen LogP contribution in [0.2, 0.25) is 0 Å². The number of nitriles is 1. The number of halogens is 3. The van der Waals surface area contributed by atoms with Gasteiger partial charge in [0.1, 0.15) is 6.07 Å². The van der Waals surface area contributed by atoms with Gasteiger partial charge in [0, 0.05) is 17.3 Å². The van der Waals surface area contributed by atoms with Gasteiger partial charge in [-0.25, -0.2) is 8.78 Å². The lowest BCUT2D eigenvalue weighted by Crippen LogP contribution is -2.03. The van der Waals surface area contributed by atoms with Crippen molar-refractivity contribution in [3.05, 3.63) is 28.6 Å². The van der Waals surface area contributed by atoms with E-state index in [1.54, 1.807) is 6.07 Å². The molecule has 0 aromatic carbocycles. The van der Waals surface area contributed by atoms with Gasteiger partial charge in [-0.1, -0.05) is 0 Å². The molecule has 1 aromatic rings. The van der Waals surface area contributed by atoms with Crippen LogP contribution in [0, 0.1) is 11.3 Å². The number of rotatable bonds is 3. The predicted octanol–water partition coefficient (Wildman–Crippen LogP) is 2.44. The molecule has 0 bridgehead atoms. The molecule has 0 aliphatic heterocycles. The second kappa shape index (κ2) is 4.80. The van der Waals surface area contributed by atoms with Crippen LogP contribution in [-0.4, -0.2) is 11.3 Å². The summed E-state index contributed by atoms with van der Waals surface area (Å²) in [6.45, 7) is 0. The van der Waals surface area contributed by atoms with E-state index in [1.165, 1.54) is 0 Å². The number of alkyl halides is 3. The summed E-state index contributed by atoms with van der Waals surface area (Å²) < 4.78 is 24.9. The van der Waals surface area contributed by atoms with Crippen LogP contribution in [0.5, 0.6) is 0 Å². The van der Waals surface area contributed by atoms with Crippen LogP contribution in [0.15, 0.2) is 6.20 Å². The molecule has 1 aromatic heterocycles. The summed E-state index contributed by atoms with van der Waals surface area (Å²) in [7, 11) is 0. The third-order valence-corrected chi connectivity index (χ3v) is 2.07. The maximum Gasteiger partial charge on any atom is 0.266 e. The van der Waals surface area contributed by atoms with Gasteiger partial charge in [0.15, 0.2) is 6.29 Å². The zero-order valence-electron chi connectivity index (χ0n) is 7.38. The van der Waals surface area contributed by atoms with E-state index in [4.69, 9.17) is 16.9 Å². The Labute approximate surface area is 89.3 Å². The quantitative estimate of drug-likeness (QED) is 0.592. The molecule has 0 radical (unpaired) electrons. The zero-order valence-corrected chi connectivity index (χ0v) is 8.13. The monoisotopic (exact) mass is 230 g/mol. The molecule has 0 spiro atoms. The summed E-state index contributed by atoms with van der Waals surface area (Å²) >= 11 is 5.45. The Morgan fingerprint density at radius 1 is 1.67 bits per heavy atom. The Balaban J connectivity index is 3.50. The smallest absolute Gasteiger partial charge is 0.266 e. The molecule has 0 aliphatic carbocycles. The van der Waals surface area contributed by atoms with Crippen molar-refractivity contribution >= 4 is 17.9 Å². The fourth-order valence-electron chi connectivity index (χ4n) is 1.11. The van der Waals surface area contributed by atoms with Gasteiger partial charge in [-0.2, -0.15) is 5.26 Å². The van der Waals surface area contributed by atoms with Crippen LogP contribution in [0.1, 0.15) is 33.6 Å². The molecule has 0 amide bonds. The largest absolute Gasteiger partial charge is 0.298 e. The van der Waals surface area contributed by atoms with Crippen molar-refractivity contribution in [1.29, 1.82) is 5.26 Å². The highest BCUT2D eigenvalue weighted by Gasteiger charge is 2.19. The van der Waals surface area contributed by atoms with Gasteiger partial charge in [-0.05, 0) is 0 Å². The molecule has 0 aliphatic rings. The van der Waals surface area contributed by atoms with Crippen LogP contribution in [0.25, 0.3) is 0 Å². The van der Waals surface area contributed by atoms with Crippen molar-refractivity contribution in [2.24, 2.45) is 0 Å². The van der Waals surface area contributed by atoms with Crippen LogP contribution in [0.4, 0.5) is 8.78 Å². The van der Waals surface area contributed by atoms with E-state index in [0.717, 1.165) is 6.20 Å². The molecular formula is C9H5ClF2N2O. The van der Waals surface area contributed by atoms with Crippen LogP contribution in [0.3, 0.4) is 0 Å². The number of aromatic nitrogens is 1. The van der Waals surface area contributed by atoms with Crippen molar-refractivity contribution in [2.75, 3.05) is 0 Å². The van der Waals surface area contributed by atoms with Gasteiger partial charge in [-0.3, -0.25) is 9.78 Å². The molecule has 0 fully saturated rings. The standard InChI is InChI=1S/C9H5ClF2N2O/c10-1-8-5(2-13)7(4-15)6(3-14-8)9(11)12/h3-4,9H,1H2. The third kappa shape index (κ3) is 2.10. The average molecular weight is 231 g/mol. The minimum Gasteiger partial charge on any atom is -0.298 e. The first-order chi connectivity index (χ1) is 7.15. The van der Waals surface area contributed by atoms with Gasteiger partial charge >= 0.3 is 0 Å². The van der Waals surface area contributed by atoms with E-state index >= 15 is 0 Å². The topological polar surface area (TPSA) is 53.8 Å². The second-order valence-electron chi connectivity index (χ2n) is 2.61. The number of pyridine rings is 1. The van der Waals surface area contributed by atoms with Crippen molar-refractivity contribution < 1.29 is 13.6 Å². The normalized spacial score (nSPS) is 10.1. The molecular weight excluding hydrogens is 226 g/mol. The maximum atomic E-state index is 12.4. The molecule has 1 heterocycles. The lowest BCUT2D eigenvalue weighted by Gasteiger charge is -2.07. The Morgan fingerprint density at radius 3 is 2.73 bits per heavy atom. The summed E-state index contributed by atoms with van der Waals surface area (Å²) in [6.07, 6.45) is -1.75. The lowest BCUT2D eigenvalue weighted by atomic mass is 10.0. The molecule has 0 unspecified atom stereocenters. The van der Waals surface area contributed by atoms with Crippen LogP contribution >= 0.6 is 11.6 Å². The van der Waals surface area contributed by atoms with E-state index < -0.39 is 12.0 Å². The average Bonchev–Trinajstić information content (AvgIpc) is 2.26. The second-order valence-corrected chi connectivity index (χ2v) is 2.88. The minimum atomic E-state index is -2.84.